The molecular weight excluding hydrogens is 176 g/mol. The second-order valence-electron chi connectivity index (χ2n) is 4.17. The van der Waals surface area contributed by atoms with Gasteiger partial charge >= 0.3 is 0 Å². The van der Waals surface area contributed by atoms with Crippen LogP contribution in [0.25, 0.3) is 0 Å². The predicted octanol–water partition coefficient (Wildman–Crippen LogP) is 2.93. The van der Waals surface area contributed by atoms with Crippen molar-refractivity contribution in [1.29, 1.82) is 0 Å². The molecule has 0 aromatic carbocycles. The maximum absolute atomic E-state index is 11.0. The van der Waals surface area contributed by atoms with Crippen LogP contribution in [0.1, 0.15) is 59.3 Å². The minimum atomic E-state index is -0.436. The first-order chi connectivity index (χ1) is 6.59. The fourth-order valence-electron chi connectivity index (χ4n) is 1.48. The van der Waals surface area contributed by atoms with E-state index >= 15 is 0 Å². The van der Waals surface area contributed by atoms with E-state index in [1.54, 1.807) is 13.8 Å². The van der Waals surface area contributed by atoms with E-state index in [1.807, 2.05) is 0 Å². The zero-order valence-corrected chi connectivity index (χ0v) is 9.75. The van der Waals surface area contributed by atoms with Gasteiger partial charge in [0.1, 0.15) is 5.78 Å². The van der Waals surface area contributed by atoms with Crippen LogP contribution >= 0.6 is 0 Å². The summed E-state index contributed by atoms with van der Waals surface area (Å²) >= 11 is 0. The molecule has 0 heterocycles. The first-order valence-electron chi connectivity index (χ1n) is 5.78. The third kappa shape index (κ3) is 6.14. The van der Waals surface area contributed by atoms with Crippen molar-refractivity contribution in [3.63, 3.8) is 0 Å². The molecule has 0 bridgehead atoms. The van der Waals surface area contributed by atoms with Crippen molar-refractivity contribution >= 4 is 5.78 Å². The quantitative estimate of drug-likeness (QED) is 0.612. The number of carbonyl (C=O) groups excluding carboxylic acids is 1. The zero-order valence-electron chi connectivity index (χ0n) is 9.75. The van der Waals surface area contributed by atoms with Gasteiger partial charge in [0.05, 0.1) is 6.10 Å². The Morgan fingerprint density at radius 2 is 1.79 bits per heavy atom. The monoisotopic (exact) mass is 200 g/mol. The Balaban J connectivity index is 3.43. The highest BCUT2D eigenvalue weighted by atomic mass is 16.3. The van der Waals surface area contributed by atoms with E-state index in [0.717, 1.165) is 12.8 Å². The van der Waals surface area contributed by atoms with E-state index in [1.165, 1.54) is 25.7 Å². The van der Waals surface area contributed by atoms with E-state index in [-0.39, 0.29) is 11.7 Å². The van der Waals surface area contributed by atoms with Gasteiger partial charge in [-0.25, -0.2) is 0 Å². The second kappa shape index (κ2) is 7.98. The van der Waals surface area contributed by atoms with Gasteiger partial charge in [-0.1, -0.05) is 46.0 Å². The SMILES string of the molecule is CCCCCCC[C@@H](O)[C@H](C)C(C)=O. The average molecular weight is 200 g/mol. The third-order valence-electron chi connectivity index (χ3n) is 2.82. The van der Waals surface area contributed by atoms with Gasteiger partial charge < -0.3 is 5.11 Å². The molecule has 2 nitrogen and oxygen atoms in total. The molecule has 0 aromatic heterocycles. The molecule has 14 heavy (non-hydrogen) atoms. The zero-order chi connectivity index (χ0) is 11.0. The van der Waals surface area contributed by atoms with Gasteiger partial charge in [-0.15, -0.1) is 0 Å². The standard InChI is InChI=1S/C12H24O2/c1-4-5-6-7-8-9-12(14)10(2)11(3)13/h10,12,14H,4-9H2,1-3H3/t10-,12-/m1/s1. The Kier molecular flexibility index (Phi) is 7.77. The highest BCUT2D eigenvalue weighted by molar-refractivity contribution is 5.78. The van der Waals surface area contributed by atoms with E-state index in [4.69, 9.17) is 0 Å². The largest absolute Gasteiger partial charge is 0.392 e. The molecule has 1 N–H and O–H groups in total. The lowest BCUT2D eigenvalue weighted by atomic mass is 9.96. The predicted molar refractivity (Wildman–Crippen MR) is 59.2 cm³/mol. The third-order valence-corrected chi connectivity index (χ3v) is 2.82. The summed E-state index contributed by atoms with van der Waals surface area (Å²) in [7, 11) is 0. The Labute approximate surface area is 87.7 Å². The Hall–Kier alpha value is -0.370. The fourth-order valence-corrected chi connectivity index (χ4v) is 1.48. The first-order valence-corrected chi connectivity index (χ1v) is 5.78. The van der Waals surface area contributed by atoms with E-state index in [2.05, 4.69) is 6.92 Å². The Morgan fingerprint density at radius 1 is 1.21 bits per heavy atom. The summed E-state index contributed by atoms with van der Waals surface area (Å²) in [6.45, 7) is 5.54. The molecule has 0 amide bonds. The molecule has 0 aliphatic rings. The van der Waals surface area contributed by atoms with Crippen molar-refractivity contribution in [2.24, 2.45) is 5.92 Å². The van der Waals surface area contributed by atoms with Crippen LogP contribution < -0.4 is 0 Å². The number of aliphatic hydroxyl groups excluding tert-OH is 1. The van der Waals surface area contributed by atoms with Crippen LogP contribution in [-0.2, 0) is 4.79 Å². The van der Waals surface area contributed by atoms with E-state index < -0.39 is 6.10 Å². The van der Waals surface area contributed by atoms with Crippen molar-refractivity contribution in [3.05, 3.63) is 0 Å². The summed E-state index contributed by atoms with van der Waals surface area (Å²) in [6, 6.07) is 0. The minimum absolute atomic E-state index is 0.0889. The summed E-state index contributed by atoms with van der Waals surface area (Å²) < 4.78 is 0. The van der Waals surface area contributed by atoms with Crippen LogP contribution in [0, 0.1) is 5.92 Å². The number of aliphatic hydroxyl groups is 1. The smallest absolute Gasteiger partial charge is 0.135 e. The van der Waals surface area contributed by atoms with Crippen LogP contribution in [0.3, 0.4) is 0 Å². The van der Waals surface area contributed by atoms with Gasteiger partial charge in [-0.2, -0.15) is 0 Å². The van der Waals surface area contributed by atoms with Crippen molar-refractivity contribution in [2.75, 3.05) is 0 Å². The number of unbranched alkanes of at least 4 members (excludes halogenated alkanes) is 4. The number of carbonyl (C=O) groups is 1. The summed E-state index contributed by atoms with van der Waals surface area (Å²) in [6.07, 6.45) is 6.32. The molecule has 0 saturated heterocycles. The fraction of sp³-hybridized carbons (Fsp3) is 0.917. The molecule has 2 atom stereocenters. The molecule has 0 aromatic rings. The lowest BCUT2D eigenvalue weighted by molar-refractivity contribution is -0.123. The van der Waals surface area contributed by atoms with Crippen LogP contribution in [-0.4, -0.2) is 17.0 Å². The van der Waals surface area contributed by atoms with Crippen molar-refractivity contribution in [2.45, 2.75) is 65.4 Å². The highest BCUT2D eigenvalue weighted by Gasteiger charge is 2.17. The van der Waals surface area contributed by atoms with Crippen LogP contribution in [0.2, 0.25) is 0 Å². The molecule has 0 aliphatic carbocycles. The summed E-state index contributed by atoms with van der Waals surface area (Å²) in [5, 5.41) is 9.62. The highest BCUT2D eigenvalue weighted by Crippen LogP contribution is 2.13. The Morgan fingerprint density at radius 3 is 2.29 bits per heavy atom. The summed E-state index contributed by atoms with van der Waals surface area (Å²) in [5.74, 6) is -0.104. The number of ketones is 1. The van der Waals surface area contributed by atoms with Crippen LogP contribution in [0.5, 0.6) is 0 Å². The van der Waals surface area contributed by atoms with E-state index in [9.17, 15) is 9.90 Å². The second-order valence-corrected chi connectivity index (χ2v) is 4.17. The Bertz CT molecular complexity index is 154. The number of hydrogen-bond donors (Lipinski definition) is 1. The lowest BCUT2D eigenvalue weighted by Crippen LogP contribution is -2.23. The maximum atomic E-state index is 11.0. The maximum Gasteiger partial charge on any atom is 0.135 e. The molecule has 0 saturated carbocycles. The first kappa shape index (κ1) is 13.6. The molecule has 2 heteroatoms. The van der Waals surface area contributed by atoms with Crippen molar-refractivity contribution in [1.82, 2.24) is 0 Å². The van der Waals surface area contributed by atoms with Gasteiger partial charge in [-0.05, 0) is 13.3 Å². The topological polar surface area (TPSA) is 37.3 Å². The molecule has 84 valence electrons. The number of rotatable bonds is 8. The number of Topliss-reactive ketones (excluding diaryl/α,β-unsaturated/α-hetero) is 1. The van der Waals surface area contributed by atoms with Gasteiger partial charge in [0.15, 0.2) is 0 Å². The lowest BCUT2D eigenvalue weighted by Gasteiger charge is -2.15. The minimum Gasteiger partial charge on any atom is -0.392 e. The normalized spacial score (nSPS) is 15.1. The van der Waals surface area contributed by atoms with Gasteiger partial charge in [0.2, 0.25) is 0 Å². The number of hydrogen-bond acceptors (Lipinski definition) is 2. The molecule has 0 radical (unpaired) electrons. The molecule has 0 spiro atoms. The van der Waals surface area contributed by atoms with Crippen molar-refractivity contribution in [3.8, 4) is 0 Å². The average Bonchev–Trinajstić information content (AvgIpc) is 2.16. The molecule has 0 rings (SSSR count). The summed E-state index contributed by atoms with van der Waals surface area (Å²) in [5.41, 5.74) is 0. The van der Waals surface area contributed by atoms with Gasteiger partial charge in [0.25, 0.3) is 0 Å². The molecule has 0 aliphatic heterocycles. The van der Waals surface area contributed by atoms with Gasteiger partial charge in [0, 0.05) is 5.92 Å². The van der Waals surface area contributed by atoms with Gasteiger partial charge in [-0.3, -0.25) is 4.79 Å². The van der Waals surface area contributed by atoms with Crippen LogP contribution in [0.4, 0.5) is 0 Å². The van der Waals surface area contributed by atoms with E-state index in [0.29, 0.717) is 0 Å². The van der Waals surface area contributed by atoms with Crippen LogP contribution in [0.15, 0.2) is 0 Å². The molecule has 0 fully saturated rings. The van der Waals surface area contributed by atoms with Crippen molar-refractivity contribution < 1.29 is 9.90 Å². The molecule has 0 unspecified atom stereocenters. The summed E-state index contributed by atoms with van der Waals surface area (Å²) in [4.78, 5) is 11.0. The molecular formula is C12H24O2.